The van der Waals surface area contributed by atoms with Gasteiger partial charge in [0.25, 0.3) is 11.4 Å². The van der Waals surface area contributed by atoms with Gasteiger partial charge in [0.05, 0.1) is 26.8 Å². The maximum Gasteiger partial charge on any atom is 0.269 e. The molecule has 10 heteroatoms. The summed E-state index contributed by atoms with van der Waals surface area (Å²) in [5.41, 5.74) is 11.6. The average Bonchev–Trinajstić information content (AvgIpc) is 3.92. The number of aromatic nitrogens is 4. The predicted octanol–water partition coefficient (Wildman–Crippen LogP) is 9.51. The van der Waals surface area contributed by atoms with E-state index in [0.29, 0.717) is 5.69 Å². The van der Waals surface area contributed by atoms with E-state index >= 15 is 0 Å². The van der Waals surface area contributed by atoms with Gasteiger partial charge in [-0.2, -0.15) is 0 Å². The fourth-order valence-corrected chi connectivity index (χ4v) is 6.17. The minimum atomic E-state index is -0.410. The Hall–Kier alpha value is -6.81. The van der Waals surface area contributed by atoms with Gasteiger partial charge in [0.2, 0.25) is 0 Å². The van der Waals surface area contributed by atoms with Crippen molar-refractivity contribution in [3.8, 4) is 33.4 Å². The first-order valence-electron chi connectivity index (χ1n) is 14.8. The zero-order chi connectivity index (χ0) is 32.1. The number of rotatable bonds is 5. The number of fused-ring (bicyclic) bond motifs is 9. The largest absolute Gasteiger partial charge is 0.354 e. The Morgan fingerprint density at radius 2 is 0.809 bits per heavy atom. The van der Waals surface area contributed by atoms with Gasteiger partial charge in [-0.05, 0) is 89.5 Å². The molecule has 0 fully saturated rings. The number of nitrogens with zero attached hydrogens (tertiary/aromatic N) is 3. The number of non-ortho nitro benzene ring substituents is 2. The van der Waals surface area contributed by atoms with Crippen LogP contribution in [0.15, 0.2) is 115 Å². The standard InChI is InChI=1S/C37H24N6O4/c44-42(45)25-10-6-23(7-11-25)36-29-16-14-27(38-29)28-15-17-30(39-28)37(24-8-12-26(13-9-24)43(46)47)34-21-19-32(41-34)35(22-4-2-1-3-5-22)31-18-20-33(36)40-31/h1-21,38,40-41H. The molecule has 8 bridgehead atoms. The van der Waals surface area contributed by atoms with Crippen LogP contribution in [0.4, 0.5) is 11.4 Å². The summed E-state index contributed by atoms with van der Waals surface area (Å²) >= 11 is 0. The Labute approximate surface area is 266 Å². The molecule has 0 aliphatic carbocycles. The maximum absolute atomic E-state index is 11.4. The highest BCUT2D eigenvalue weighted by molar-refractivity contribution is 6.00. The Morgan fingerprint density at radius 1 is 0.426 bits per heavy atom. The molecule has 0 unspecified atom stereocenters. The minimum Gasteiger partial charge on any atom is -0.354 e. The fraction of sp³-hybridized carbons (Fsp3) is 0. The highest BCUT2D eigenvalue weighted by Gasteiger charge is 2.16. The van der Waals surface area contributed by atoms with Crippen LogP contribution >= 0.6 is 0 Å². The van der Waals surface area contributed by atoms with E-state index in [4.69, 9.17) is 4.98 Å². The van der Waals surface area contributed by atoms with Crippen LogP contribution in [-0.4, -0.2) is 29.8 Å². The van der Waals surface area contributed by atoms with Crippen molar-refractivity contribution >= 4 is 56.6 Å². The van der Waals surface area contributed by atoms with E-state index in [1.165, 1.54) is 24.3 Å². The summed E-state index contributed by atoms with van der Waals surface area (Å²) in [6.07, 6.45) is 3.88. The second kappa shape index (κ2) is 11.0. The van der Waals surface area contributed by atoms with Crippen molar-refractivity contribution in [1.82, 2.24) is 19.9 Å². The lowest BCUT2D eigenvalue weighted by atomic mass is 10.0. The van der Waals surface area contributed by atoms with Crippen molar-refractivity contribution < 1.29 is 9.85 Å². The summed E-state index contributed by atoms with van der Waals surface area (Å²) in [6.45, 7) is 0. The zero-order valence-electron chi connectivity index (χ0n) is 24.6. The topological polar surface area (TPSA) is 147 Å². The van der Waals surface area contributed by atoms with Gasteiger partial charge in [-0.1, -0.05) is 30.3 Å². The van der Waals surface area contributed by atoms with Crippen molar-refractivity contribution in [2.75, 3.05) is 0 Å². The van der Waals surface area contributed by atoms with Gasteiger partial charge in [0, 0.05) is 68.5 Å². The van der Waals surface area contributed by atoms with Crippen LogP contribution in [0, 0.1) is 20.2 Å². The molecule has 0 atom stereocenters. The molecule has 47 heavy (non-hydrogen) atoms. The van der Waals surface area contributed by atoms with Crippen LogP contribution in [-0.2, 0) is 0 Å². The fourth-order valence-electron chi connectivity index (χ4n) is 6.17. The monoisotopic (exact) mass is 616 g/mol. The molecule has 0 spiro atoms. The van der Waals surface area contributed by atoms with Crippen LogP contribution in [0.5, 0.6) is 0 Å². The van der Waals surface area contributed by atoms with Crippen LogP contribution in [0.1, 0.15) is 11.4 Å². The summed E-state index contributed by atoms with van der Waals surface area (Å²) in [7, 11) is 0. The van der Waals surface area contributed by atoms with E-state index in [0.717, 1.165) is 72.2 Å². The number of nitro benzene ring substituents is 2. The Balaban J connectivity index is 1.50. The van der Waals surface area contributed by atoms with Crippen LogP contribution in [0.25, 0.3) is 78.6 Å². The first-order chi connectivity index (χ1) is 22.9. The normalized spacial score (nSPS) is 11.7. The molecule has 1 aliphatic rings. The van der Waals surface area contributed by atoms with E-state index in [1.54, 1.807) is 24.3 Å². The van der Waals surface area contributed by atoms with Gasteiger partial charge in [-0.15, -0.1) is 0 Å². The van der Waals surface area contributed by atoms with Gasteiger partial charge in [0.1, 0.15) is 0 Å². The molecule has 5 heterocycles. The number of nitro groups is 2. The molecule has 0 amide bonds. The average molecular weight is 617 g/mol. The number of hydrogen-bond acceptors (Lipinski definition) is 5. The summed E-state index contributed by atoms with van der Waals surface area (Å²) in [5.74, 6) is 0. The number of hydrogen-bond donors (Lipinski definition) is 3. The first kappa shape index (κ1) is 27.7. The lowest BCUT2D eigenvalue weighted by Crippen LogP contribution is -1.89. The molecular formula is C37H24N6O4. The van der Waals surface area contributed by atoms with E-state index in [1.807, 2.05) is 66.7 Å². The maximum atomic E-state index is 11.4. The molecule has 8 rings (SSSR count). The summed E-state index contributed by atoms with van der Waals surface area (Å²) in [6, 6.07) is 35.1. The van der Waals surface area contributed by atoms with Crippen molar-refractivity contribution in [1.29, 1.82) is 0 Å². The third-order valence-corrected chi connectivity index (χ3v) is 8.37. The van der Waals surface area contributed by atoms with Crippen molar-refractivity contribution in [2.24, 2.45) is 0 Å². The molecule has 7 aromatic rings. The van der Waals surface area contributed by atoms with Crippen LogP contribution in [0.2, 0.25) is 0 Å². The van der Waals surface area contributed by atoms with Crippen LogP contribution in [0.3, 0.4) is 0 Å². The molecule has 3 aromatic carbocycles. The van der Waals surface area contributed by atoms with E-state index < -0.39 is 9.85 Å². The predicted molar refractivity (Wildman–Crippen MR) is 185 cm³/mol. The summed E-state index contributed by atoms with van der Waals surface area (Å²) in [5, 5.41) is 22.8. The van der Waals surface area contributed by atoms with Crippen molar-refractivity contribution in [2.45, 2.75) is 0 Å². The van der Waals surface area contributed by atoms with E-state index in [9.17, 15) is 20.2 Å². The molecular weight excluding hydrogens is 592 g/mol. The third-order valence-electron chi connectivity index (χ3n) is 8.37. The van der Waals surface area contributed by atoms with E-state index in [-0.39, 0.29) is 11.4 Å². The smallest absolute Gasteiger partial charge is 0.269 e. The third kappa shape index (κ3) is 4.90. The Morgan fingerprint density at radius 3 is 1.30 bits per heavy atom. The van der Waals surface area contributed by atoms with Gasteiger partial charge < -0.3 is 15.0 Å². The Kier molecular flexibility index (Phi) is 6.47. The molecule has 0 saturated heterocycles. The number of benzene rings is 3. The molecule has 3 N–H and O–H groups in total. The van der Waals surface area contributed by atoms with Gasteiger partial charge in [0.15, 0.2) is 0 Å². The number of nitrogens with one attached hydrogen (secondary N) is 3. The quantitative estimate of drug-likeness (QED) is 0.130. The second-order valence-electron chi connectivity index (χ2n) is 11.2. The van der Waals surface area contributed by atoms with Gasteiger partial charge >= 0.3 is 0 Å². The molecule has 0 saturated carbocycles. The lowest BCUT2D eigenvalue weighted by molar-refractivity contribution is -0.385. The first-order valence-corrected chi connectivity index (χ1v) is 14.8. The molecule has 4 aromatic heterocycles. The zero-order valence-corrected chi connectivity index (χ0v) is 24.6. The number of H-pyrrole nitrogens is 3. The lowest BCUT2D eigenvalue weighted by Gasteiger charge is -2.05. The van der Waals surface area contributed by atoms with E-state index in [2.05, 4.69) is 27.1 Å². The highest BCUT2D eigenvalue weighted by atomic mass is 16.6. The van der Waals surface area contributed by atoms with Gasteiger partial charge in [-0.3, -0.25) is 20.2 Å². The Bertz CT molecular complexity index is 2510. The molecule has 226 valence electrons. The van der Waals surface area contributed by atoms with Crippen LogP contribution < -0.4 is 0 Å². The van der Waals surface area contributed by atoms with Gasteiger partial charge in [-0.25, -0.2) is 4.98 Å². The minimum absolute atomic E-state index is 0.0102. The molecule has 1 aliphatic heterocycles. The summed E-state index contributed by atoms with van der Waals surface area (Å²) < 4.78 is 0. The SMILES string of the molecule is O=[N+]([O-])c1ccc(-c2c3nc(c4ccc([nH]4)c(-c4ccc([N+](=O)[O-])cc4)c4ccc([nH]4)c(-c4ccccc4)c4ccc2[nH]4)C=C3)cc1. The second-order valence-corrected chi connectivity index (χ2v) is 11.2. The van der Waals surface area contributed by atoms with Crippen molar-refractivity contribution in [3.05, 3.63) is 147 Å². The molecule has 10 nitrogen and oxygen atoms in total. The number of aromatic amines is 3. The molecule has 0 radical (unpaired) electrons. The summed E-state index contributed by atoms with van der Waals surface area (Å²) in [4.78, 5) is 37.8. The highest BCUT2D eigenvalue weighted by Crippen LogP contribution is 2.36. The van der Waals surface area contributed by atoms with Crippen molar-refractivity contribution in [3.63, 3.8) is 0 Å².